The summed E-state index contributed by atoms with van der Waals surface area (Å²) in [6.07, 6.45) is 0. The third kappa shape index (κ3) is 4.47. The Morgan fingerprint density at radius 2 is 2.00 bits per heavy atom. The molecule has 0 spiro atoms. The van der Waals surface area contributed by atoms with Crippen LogP contribution in [0, 0.1) is 5.82 Å². The van der Waals surface area contributed by atoms with Gasteiger partial charge in [0.2, 0.25) is 0 Å². The van der Waals surface area contributed by atoms with Gasteiger partial charge in [-0.2, -0.15) is 11.8 Å². The highest BCUT2D eigenvalue weighted by Crippen LogP contribution is 2.26. The predicted octanol–water partition coefficient (Wildman–Crippen LogP) is 3.26. The first-order valence-electron chi connectivity index (χ1n) is 7.44. The highest BCUT2D eigenvalue weighted by molar-refractivity contribution is 8.00. The van der Waals surface area contributed by atoms with E-state index in [-0.39, 0.29) is 5.82 Å². The molecular weight excluding hydrogens is 271 g/mol. The summed E-state index contributed by atoms with van der Waals surface area (Å²) in [7, 11) is 0. The summed E-state index contributed by atoms with van der Waals surface area (Å²) in [6, 6.07) is 5.49. The van der Waals surface area contributed by atoms with Crippen molar-refractivity contribution in [2.24, 2.45) is 0 Å². The maximum atomic E-state index is 14.0. The van der Waals surface area contributed by atoms with Gasteiger partial charge in [0.25, 0.3) is 0 Å². The summed E-state index contributed by atoms with van der Waals surface area (Å²) in [5.74, 6) is -0.0798. The van der Waals surface area contributed by atoms with Crippen LogP contribution in [0.25, 0.3) is 0 Å². The molecule has 0 aliphatic carbocycles. The number of nitrogens with one attached hydrogen (secondary N) is 1. The number of nitrogens with zero attached hydrogens (tertiary/aromatic N) is 1. The van der Waals surface area contributed by atoms with Crippen LogP contribution in [-0.4, -0.2) is 35.0 Å². The van der Waals surface area contributed by atoms with Gasteiger partial charge in [-0.05, 0) is 18.2 Å². The number of rotatable bonds is 5. The SMILES string of the molecule is CCNCc1ccc(F)c(CN2CC(C)SC(C)C2)c1. The minimum Gasteiger partial charge on any atom is -0.313 e. The molecule has 1 N–H and O–H groups in total. The second kappa shape index (κ2) is 7.43. The van der Waals surface area contributed by atoms with E-state index >= 15 is 0 Å². The van der Waals surface area contributed by atoms with Crippen LogP contribution in [0.15, 0.2) is 18.2 Å². The molecule has 20 heavy (non-hydrogen) atoms. The van der Waals surface area contributed by atoms with Gasteiger partial charge in [0.1, 0.15) is 5.82 Å². The van der Waals surface area contributed by atoms with Gasteiger partial charge in [-0.1, -0.05) is 32.9 Å². The number of halogens is 1. The number of benzene rings is 1. The maximum Gasteiger partial charge on any atom is 0.127 e. The zero-order chi connectivity index (χ0) is 14.5. The Bertz CT molecular complexity index is 428. The summed E-state index contributed by atoms with van der Waals surface area (Å²) in [5, 5.41) is 4.55. The van der Waals surface area contributed by atoms with E-state index in [1.165, 1.54) is 0 Å². The molecule has 1 aliphatic heterocycles. The first-order chi connectivity index (χ1) is 9.58. The first-order valence-corrected chi connectivity index (χ1v) is 8.38. The van der Waals surface area contributed by atoms with Gasteiger partial charge in [0, 0.05) is 42.2 Å². The van der Waals surface area contributed by atoms with E-state index in [0.717, 1.165) is 43.9 Å². The van der Waals surface area contributed by atoms with Gasteiger partial charge in [0.15, 0.2) is 0 Å². The minimum atomic E-state index is -0.0798. The van der Waals surface area contributed by atoms with Crippen LogP contribution in [-0.2, 0) is 13.1 Å². The number of hydrogen-bond donors (Lipinski definition) is 1. The lowest BCUT2D eigenvalue weighted by molar-refractivity contribution is 0.259. The molecule has 0 saturated carbocycles. The van der Waals surface area contributed by atoms with E-state index in [1.54, 1.807) is 6.07 Å². The molecule has 2 atom stereocenters. The Morgan fingerprint density at radius 1 is 1.30 bits per heavy atom. The van der Waals surface area contributed by atoms with Crippen molar-refractivity contribution >= 4 is 11.8 Å². The molecule has 1 fully saturated rings. The largest absolute Gasteiger partial charge is 0.313 e. The quantitative estimate of drug-likeness (QED) is 0.898. The Kier molecular flexibility index (Phi) is 5.87. The van der Waals surface area contributed by atoms with Crippen LogP contribution in [0.5, 0.6) is 0 Å². The normalized spacial score (nSPS) is 24.0. The van der Waals surface area contributed by atoms with E-state index in [0.29, 0.717) is 10.5 Å². The lowest BCUT2D eigenvalue weighted by atomic mass is 10.1. The van der Waals surface area contributed by atoms with Crippen LogP contribution >= 0.6 is 11.8 Å². The van der Waals surface area contributed by atoms with E-state index in [9.17, 15) is 4.39 Å². The summed E-state index contributed by atoms with van der Waals surface area (Å²) in [4.78, 5) is 2.38. The van der Waals surface area contributed by atoms with Gasteiger partial charge >= 0.3 is 0 Å². The third-order valence-electron chi connectivity index (χ3n) is 3.58. The van der Waals surface area contributed by atoms with E-state index < -0.39 is 0 Å². The summed E-state index contributed by atoms with van der Waals surface area (Å²) >= 11 is 2.03. The number of hydrogen-bond acceptors (Lipinski definition) is 3. The van der Waals surface area contributed by atoms with Crippen LogP contribution in [0.2, 0.25) is 0 Å². The van der Waals surface area contributed by atoms with Crippen molar-refractivity contribution in [2.45, 2.75) is 44.4 Å². The summed E-state index contributed by atoms with van der Waals surface area (Å²) in [6.45, 7) is 11.2. The fraction of sp³-hybridized carbons (Fsp3) is 0.625. The third-order valence-corrected chi connectivity index (χ3v) is 4.81. The first kappa shape index (κ1) is 15.8. The Labute approximate surface area is 126 Å². The van der Waals surface area contributed by atoms with Gasteiger partial charge in [-0.15, -0.1) is 0 Å². The average Bonchev–Trinajstić information content (AvgIpc) is 2.38. The zero-order valence-electron chi connectivity index (χ0n) is 12.7. The zero-order valence-corrected chi connectivity index (χ0v) is 13.5. The van der Waals surface area contributed by atoms with Crippen molar-refractivity contribution < 1.29 is 4.39 Å². The Hall–Kier alpha value is -0.580. The molecular formula is C16H25FN2S. The molecule has 1 aromatic carbocycles. The molecule has 2 nitrogen and oxygen atoms in total. The predicted molar refractivity (Wildman–Crippen MR) is 85.6 cm³/mol. The molecule has 1 saturated heterocycles. The standard InChI is InChI=1S/C16H25FN2S/c1-4-18-8-14-5-6-16(17)15(7-14)11-19-9-12(2)20-13(3)10-19/h5-7,12-13,18H,4,8-11H2,1-3H3. The van der Waals surface area contributed by atoms with Gasteiger partial charge in [-0.25, -0.2) is 4.39 Å². The van der Waals surface area contributed by atoms with Gasteiger partial charge in [-0.3, -0.25) is 4.90 Å². The Morgan fingerprint density at radius 3 is 2.65 bits per heavy atom. The molecule has 2 unspecified atom stereocenters. The van der Waals surface area contributed by atoms with Gasteiger partial charge < -0.3 is 5.32 Å². The molecule has 0 amide bonds. The molecule has 0 radical (unpaired) electrons. The van der Waals surface area contributed by atoms with Crippen LogP contribution < -0.4 is 5.32 Å². The molecule has 1 heterocycles. The second-order valence-corrected chi connectivity index (χ2v) is 7.54. The molecule has 2 rings (SSSR count). The van der Waals surface area contributed by atoms with Crippen LogP contribution in [0.4, 0.5) is 4.39 Å². The number of thioether (sulfide) groups is 1. The molecule has 0 bridgehead atoms. The Balaban J connectivity index is 2.03. The van der Waals surface area contributed by atoms with Crippen LogP contribution in [0.3, 0.4) is 0 Å². The monoisotopic (exact) mass is 296 g/mol. The topological polar surface area (TPSA) is 15.3 Å². The van der Waals surface area contributed by atoms with Crippen molar-refractivity contribution in [2.75, 3.05) is 19.6 Å². The summed E-state index contributed by atoms with van der Waals surface area (Å²) < 4.78 is 14.0. The van der Waals surface area contributed by atoms with Crippen molar-refractivity contribution in [1.82, 2.24) is 10.2 Å². The highest BCUT2D eigenvalue weighted by Gasteiger charge is 2.22. The highest BCUT2D eigenvalue weighted by atomic mass is 32.2. The van der Waals surface area contributed by atoms with Crippen molar-refractivity contribution in [3.8, 4) is 0 Å². The van der Waals surface area contributed by atoms with E-state index in [4.69, 9.17) is 0 Å². The average molecular weight is 296 g/mol. The van der Waals surface area contributed by atoms with Crippen molar-refractivity contribution in [3.63, 3.8) is 0 Å². The smallest absolute Gasteiger partial charge is 0.127 e. The summed E-state index contributed by atoms with van der Waals surface area (Å²) in [5.41, 5.74) is 1.99. The molecule has 4 heteroatoms. The van der Waals surface area contributed by atoms with E-state index in [2.05, 4.69) is 31.0 Å². The lowest BCUT2D eigenvalue weighted by Crippen LogP contribution is -2.39. The van der Waals surface area contributed by atoms with Gasteiger partial charge in [0.05, 0.1) is 0 Å². The van der Waals surface area contributed by atoms with Crippen molar-refractivity contribution in [1.29, 1.82) is 0 Å². The molecule has 1 aliphatic rings. The minimum absolute atomic E-state index is 0.0798. The molecule has 1 aromatic rings. The second-order valence-electron chi connectivity index (χ2n) is 5.66. The van der Waals surface area contributed by atoms with Crippen LogP contribution in [0.1, 0.15) is 31.9 Å². The molecule has 112 valence electrons. The lowest BCUT2D eigenvalue weighted by Gasteiger charge is -2.34. The fourth-order valence-corrected chi connectivity index (χ4v) is 4.17. The van der Waals surface area contributed by atoms with E-state index in [1.807, 2.05) is 23.9 Å². The fourth-order valence-electron chi connectivity index (χ4n) is 2.78. The maximum absolute atomic E-state index is 14.0. The van der Waals surface area contributed by atoms with Crippen molar-refractivity contribution in [3.05, 3.63) is 35.1 Å². The molecule has 0 aromatic heterocycles.